The average molecular weight is 513 g/mol. The third-order valence-electron chi connectivity index (χ3n) is 5.04. The molecule has 0 aromatic heterocycles. The van der Waals surface area contributed by atoms with Gasteiger partial charge in [-0.15, -0.1) is 24.0 Å². The molecule has 2 aromatic carbocycles. The fourth-order valence-corrected chi connectivity index (χ4v) is 4.53. The first-order valence-electron chi connectivity index (χ1n) is 9.34. The van der Waals surface area contributed by atoms with E-state index in [9.17, 15) is 8.42 Å². The van der Waals surface area contributed by atoms with Gasteiger partial charge in [0.2, 0.25) is 0 Å². The predicted octanol–water partition coefficient (Wildman–Crippen LogP) is 3.37. The highest BCUT2D eigenvalue weighted by Gasteiger charge is 2.43. The van der Waals surface area contributed by atoms with Crippen molar-refractivity contribution in [1.82, 2.24) is 10.6 Å². The largest absolute Gasteiger partial charge is 0.356 e. The molecule has 152 valence electrons. The number of halogens is 1. The zero-order chi connectivity index (χ0) is 19.2. The number of nitrogens with one attached hydrogen (secondary N) is 2. The van der Waals surface area contributed by atoms with Gasteiger partial charge in [0.1, 0.15) is 0 Å². The monoisotopic (exact) mass is 513 g/mol. The number of hydrogen-bond acceptors (Lipinski definition) is 3. The summed E-state index contributed by atoms with van der Waals surface area (Å²) in [4.78, 5) is 4.63. The van der Waals surface area contributed by atoms with Crippen LogP contribution in [0.4, 0.5) is 0 Å². The van der Waals surface area contributed by atoms with E-state index in [4.69, 9.17) is 0 Å². The summed E-state index contributed by atoms with van der Waals surface area (Å²) in [5, 5.41) is 6.61. The van der Waals surface area contributed by atoms with Crippen molar-refractivity contribution in [3.8, 4) is 0 Å². The molecule has 1 fully saturated rings. The molecular formula is C21H28IN3O2S. The van der Waals surface area contributed by atoms with Crippen LogP contribution in [0.1, 0.15) is 24.8 Å². The van der Waals surface area contributed by atoms with Gasteiger partial charge < -0.3 is 10.6 Å². The zero-order valence-corrected chi connectivity index (χ0v) is 19.2. The van der Waals surface area contributed by atoms with Crippen molar-refractivity contribution in [2.75, 3.05) is 25.9 Å². The first-order valence-corrected chi connectivity index (χ1v) is 11.0. The fourth-order valence-electron chi connectivity index (χ4n) is 3.20. The van der Waals surface area contributed by atoms with Crippen LogP contribution in [0.25, 0.3) is 0 Å². The van der Waals surface area contributed by atoms with Crippen molar-refractivity contribution >= 4 is 39.8 Å². The molecule has 0 aliphatic heterocycles. The van der Waals surface area contributed by atoms with E-state index in [0.717, 1.165) is 6.54 Å². The van der Waals surface area contributed by atoms with Gasteiger partial charge in [0.05, 0.1) is 10.6 Å². The summed E-state index contributed by atoms with van der Waals surface area (Å²) in [6.45, 7) is 1.39. The zero-order valence-electron chi connectivity index (χ0n) is 16.1. The molecule has 28 heavy (non-hydrogen) atoms. The highest BCUT2D eigenvalue weighted by atomic mass is 127. The Bertz CT molecular complexity index is 867. The number of aliphatic imine (C=N–C) groups is 1. The van der Waals surface area contributed by atoms with Crippen LogP contribution >= 0.6 is 24.0 Å². The minimum Gasteiger partial charge on any atom is -0.356 e. The van der Waals surface area contributed by atoms with E-state index >= 15 is 0 Å². The number of rotatable bonds is 8. The van der Waals surface area contributed by atoms with Crippen LogP contribution in [-0.4, -0.2) is 40.3 Å². The Balaban J connectivity index is 0.00000280. The van der Waals surface area contributed by atoms with Crippen molar-refractivity contribution < 1.29 is 8.42 Å². The second-order valence-electron chi connectivity index (χ2n) is 6.98. The molecule has 0 bridgehead atoms. The maximum absolute atomic E-state index is 12.3. The van der Waals surface area contributed by atoms with Crippen LogP contribution in [-0.2, 0) is 15.3 Å². The summed E-state index contributed by atoms with van der Waals surface area (Å²) in [6, 6.07) is 19.2. The first kappa shape index (κ1) is 22.7. The summed E-state index contributed by atoms with van der Waals surface area (Å²) >= 11 is 0. The molecule has 1 saturated carbocycles. The number of benzene rings is 2. The van der Waals surface area contributed by atoms with Crippen molar-refractivity contribution in [1.29, 1.82) is 0 Å². The Morgan fingerprint density at radius 2 is 1.61 bits per heavy atom. The molecule has 5 nitrogen and oxygen atoms in total. The van der Waals surface area contributed by atoms with Gasteiger partial charge in [-0.05, 0) is 37.0 Å². The molecule has 0 atom stereocenters. The van der Waals surface area contributed by atoms with Crippen LogP contribution in [0.2, 0.25) is 0 Å². The predicted molar refractivity (Wildman–Crippen MR) is 125 cm³/mol. The molecular weight excluding hydrogens is 485 g/mol. The maximum atomic E-state index is 12.3. The molecule has 0 heterocycles. The summed E-state index contributed by atoms with van der Waals surface area (Å²) in [5.41, 5.74) is 1.57. The number of guanidine groups is 1. The van der Waals surface area contributed by atoms with E-state index in [1.165, 1.54) is 18.4 Å². The van der Waals surface area contributed by atoms with Gasteiger partial charge >= 0.3 is 0 Å². The molecule has 1 aliphatic carbocycles. The molecule has 0 radical (unpaired) electrons. The van der Waals surface area contributed by atoms with E-state index in [1.54, 1.807) is 31.3 Å². The Morgan fingerprint density at radius 1 is 1.00 bits per heavy atom. The van der Waals surface area contributed by atoms with Crippen molar-refractivity contribution in [3.63, 3.8) is 0 Å². The van der Waals surface area contributed by atoms with E-state index < -0.39 is 9.84 Å². The molecule has 0 saturated heterocycles. The van der Waals surface area contributed by atoms with Crippen LogP contribution in [0.3, 0.4) is 0 Å². The van der Waals surface area contributed by atoms with Crippen LogP contribution in [0, 0.1) is 0 Å². The van der Waals surface area contributed by atoms with Gasteiger partial charge in [0.15, 0.2) is 15.8 Å². The maximum Gasteiger partial charge on any atom is 0.191 e. The topological polar surface area (TPSA) is 70.6 Å². The second kappa shape index (κ2) is 10.2. The SMILES string of the molecule is CN=C(NCCCS(=O)(=O)c1ccccc1)NCC1(c2ccccc2)CC1.I. The fraction of sp³-hybridized carbons (Fsp3) is 0.381. The number of hydrogen-bond donors (Lipinski definition) is 2. The molecule has 7 heteroatoms. The Kier molecular flexibility index (Phi) is 8.30. The Morgan fingerprint density at radius 3 is 2.18 bits per heavy atom. The molecule has 0 spiro atoms. The van der Waals surface area contributed by atoms with E-state index in [-0.39, 0.29) is 35.1 Å². The van der Waals surface area contributed by atoms with E-state index in [2.05, 4.69) is 39.9 Å². The molecule has 2 N–H and O–H groups in total. The van der Waals surface area contributed by atoms with Gasteiger partial charge in [0, 0.05) is 25.6 Å². The average Bonchev–Trinajstić information content (AvgIpc) is 3.50. The lowest BCUT2D eigenvalue weighted by atomic mass is 9.96. The minimum atomic E-state index is -3.23. The Hall–Kier alpha value is -1.61. The summed E-state index contributed by atoms with van der Waals surface area (Å²) in [7, 11) is -1.49. The van der Waals surface area contributed by atoms with Crippen molar-refractivity contribution in [2.45, 2.75) is 29.6 Å². The van der Waals surface area contributed by atoms with Gasteiger partial charge in [-0.3, -0.25) is 4.99 Å². The highest BCUT2D eigenvalue weighted by molar-refractivity contribution is 14.0. The quantitative estimate of drug-likeness (QED) is 0.246. The van der Waals surface area contributed by atoms with Crippen molar-refractivity contribution in [2.24, 2.45) is 4.99 Å². The minimum absolute atomic E-state index is 0. The van der Waals surface area contributed by atoms with Gasteiger partial charge in [-0.2, -0.15) is 0 Å². The summed E-state index contributed by atoms with van der Waals surface area (Å²) in [6.07, 6.45) is 2.88. The molecule has 1 aliphatic rings. The van der Waals surface area contributed by atoms with Gasteiger partial charge in [0.25, 0.3) is 0 Å². The smallest absolute Gasteiger partial charge is 0.191 e. The lowest BCUT2D eigenvalue weighted by Gasteiger charge is -2.19. The van der Waals surface area contributed by atoms with E-state index in [1.807, 2.05) is 12.1 Å². The number of sulfone groups is 1. The molecule has 3 rings (SSSR count). The van der Waals surface area contributed by atoms with E-state index in [0.29, 0.717) is 23.8 Å². The normalized spacial score (nSPS) is 15.4. The third-order valence-corrected chi connectivity index (χ3v) is 6.86. The second-order valence-corrected chi connectivity index (χ2v) is 9.09. The molecule has 0 amide bonds. The summed E-state index contributed by atoms with van der Waals surface area (Å²) in [5.74, 6) is 0.837. The lowest BCUT2D eigenvalue weighted by molar-refractivity contribution is 0.592. The number of nitrogens with zero attached hydrogens (tertiary/aromatic N) is 1. The van der Waals surface area contributed by atoms with Crippen LogP contribution in [0.15, 0.2) is 70.6 Å². The Labute approximate surface area is 185 Å². The third kappa shape index (κ3) is 5.94. The van der Waals surface area contributed by atoms with Crippen LogP contribution < -0.4 is 10.6 Å². The first-order chi connectivity index (χ1) is 13.1. The standard InChI is InChI=1S/C21H27N3O2S.HI/c1-22-20(24-17-21(13-14-21)18-9-4-2-5-10-18)23-15-8-16-27(25,26)19-11-6-3-7-12-19;/h2-7,9-12H,8,13-17H2,1H3,(H2,22,23,24);1H. The summed E-state index contributed by atoms with van der Waals surface area (Å²) < 4.78 is 24.6. The lowest BCUT2D eigenvalue weighted by Crippen LogP contribution is -2.41. The highest BCUT2D eigenvalue weighted by Crippen LogP contribution is 2.47. The van der Waals surface area contributed by atoms with Gasteiger partial charge in [-0.25, -0.2) is 8.42 Å². The molecule has 0 unspecified atom stereocenters. The molecule has 2 aromatic rings. The van der Waals surface area contributed by atoms with Crippen molar-refractivity contribution in [3.05, 3.63) is 66.2 Å². The van der Waals surface area contributed by atoms with Gasteiger partial charge in [-0.1, -0.05) is 48.5 Å². The van der Waals surface area contributed by atoms with Crippen LogP contribution in [0.5, 0.6) is 0 Å².